The van der Waals surface area contributed by atoms with E-state index in [1.165, 1.54) is 19.5 Å². The summed E-state index contributed by atoms with van der Waals surface area (Å²) < 4.78 is 45.5. The van der Waals surface area contributed by atoms with Gasteiger partial charge in [0.25, 0.3) is 0 Å². The number of nitrogens with zero attached hydrogens (tertiary/aromatic N) is 5. The van der Waals surface area contributed by atoms with Crippen molar-refractivity contribution < 1.29 is 22.6 Å². The molecule has 12 heteroatoms. The monoisotopic (exact) mass is 523 g/mol. The van der Waals surface area contributed by atoms with Crippen molar-refractivity contribution in [2.45, 2.75) is 44.3 Å². The van der Waals surface area contributed by atoms with Crippen molar-refractivity contribution in [1.29, 1.82) is 0 Å². The predicted octanol–water partition coefficient (Wildman–Crippen LogP) is 3.62. The Hall–Kier alpha value is -2.76. The van der Waals surface area contributed by atoms with Crippen molar-refractivity contribution in [1.82, 2.24) is 24.7 Å². The second kappa shape index (κ2) is 11.3. The van der Waals surface area contributed by atoms with E-state index in [1.54, 1.807) is 43.9 Å². The van der Waals surface area contributed by atoms with E-state index in [9.17, 15) is 8.42 Å². The van der Waals surface area contributed by atoms with Gasteiger partial charge in [-0.3, -0.25) is 4.57 Å². The lowest BCUT2D eigenvalue weighted by Gasteiger charge is -2.22. The molecule has 2 heterocycles. The Morgan fingerprint density at radius 3 is 2.06 bits per heavy atom. The topological polar surface area (TPSA) is 118 Å². The first kappa shape index (κ1) is 26.8. The van der Waals surface area contributed by atoms with Crippen molar-refractivity contribution in [3.63, 3.8) is 0 Å². The standard InChI is InChI=1S/C23H30ClN5O5S/c1-14(2)10-19-27-28-20(29(19)21-17(32-4)8-7-9-18(21)33-5)13-35(30,31)15(3)22(34-6)23-25-11-16(24)12-26-23/h7-9,11-12,14-15,22H,10,13H2,1-6H3/t15-,22-/m0/s1. The lowest BCUT2D eigenvalue weighted by Crippen LogP contribution is -2.30. The summed E-state index contributed by atoms with van der Waals surface area (Å²) in [6.45, 7) is 5.65. The molecule has 0 bridgehead atoms. The third-order valence-corrected chi connectivity index (χ3v) is 7.72. The van der Waals surface area contributed by atoms with Crippen molar-refractivity contribution in [3.05, 3.63) is 53.1 Å². The fourth-order valence-electron chi connectivity index (χ4n) is 3.73. The molecule has 3 aromatic rings. The van der Waals surface area contributed by atoms with E-state index in [0.29, 0.717) is 34.5 Å². The molecule has 0 radical (unpaired) electrons. The molecule has 2 atom stereocenters. The molecule has 0 N–H and O–H groups in total. The minimum absolute atomic E-state index is 0.223. The van der Waals surface area contributed by atoms with Gasteiger partial charge in [0.2, 0.25) is 0 Å². The van der Waals surface area contributed by atoms with Gasteiger partial charge in [-0.15, -0.1) is 10.2 Å². The molecule has 0 saturated carbocycles. The summed E-state index contributed by atoms with van der Waals surface area (Å²) in [4.78, 5) is 8.28. The Morgan fingerprint density at radius 2 is 1.54 bits per heavy atom. The molecule has 190 valence electrons. The summed E-state index contributed by atoms with van der Waals surface area (Å²) in [6, 6.07) is 5.34. The average Bonchev–Trinajstić information content (AvgIpc) is 3.19. The van der Waals surface area contributed by atoms with Crippen LogP contribution in [0.4, 0.5) is 0 Å². The van der Waals surface area contributed by atoms with E-state index in [4.69, 9.17) is 25.8 Å². The maximum atomic E-state index is 13.6. The number of ether oxygens (including phenoxy) is 3. The van der Waals surface area contributed by atoms with Crippen LogP contribution in [0.2, 0.25) is 5.02 Å². The van der Waals surface area contributed by atoms with Crippen LogP contribution in [0.25, 0.3) is 5.69 Å². The number of hydrogen-bond donors (Lipinski definition) is 0. The number of hydrogen-bond acceptors (Lipinski definition) is 9. The highest BCUT2D eigenvalue weighted by atomic mass is 35.5. The first-order valence-corrected chi connectivity index (χ1v) is 13.1. The molecule has 3 rings (SSSR count). The van der Waals surface area contributed by atoms with Crippen LogP contribution in [0, 0.1) is 5.92 Å². The van der Waals surface area contributed by atoms with Crippen LogP contribution < -0.4 is 9.47 Å². The largest absolute Gasteiger partial charge is 0.494 e. The van der Waals surface area contributed by atoms with Gasteiger partial charge >= 0.3 is 0 Å². The fraction of sp³-hybridized carbons (Fsp3) is 0.478. The molecule has 0 aliphatic rings. The van der Waals surface area contributed by atoms with Crippen LogP contribution in [0.3, 0.4) is 0 Å². The smallest absolute Gasteiger partial charge is 0.163 e. The SMILES string of the molecule is COc1cccc(OC)c1-n1c(CC(C)C)nnc1CS(=O)(=O)[C@@H](C)[C@H](OC)c1ncc(Cl)cn1. The molecule has 10 nitrogen and oxygen atoms in total. The number of halogens is 1. The molecule has 0 amide bonds. The maximum Gasteiger partial charge on any atom is 0.163 e. The van der Waals surface area contributed by atoms with Crippen LogP contribution in [-0.2, 0) is 26.7 Å². The molecule has 0 saturated heterocycles. The third kappa shape index (κ3) is 5.91. The van der Waals surface area contributed by atoms with Crippen LogP contribution in [0.1, 0.15) is 44.3 Å². The van der Waals surface area contributed by atoms with E-state index in [1.807, 2.05) is 13.8 Å². The van der Waals surface area contributed by atoms with Gasteiger partial charge in [0.1, 0.15) is 34.9 Å². The predicted molar refractivity (Wildman–Crippen MR) is 132 cm³/mol. The summed E-state index contributed by atoms with van der Waals surface area (Å²) in [5.74, 6) is 1.93. The van der Waals surface area contributed by atoms with Crippen molar-refractivity contribution in [3.8, 4) is 17.2 Å². The lowest BCUT2D eigenvalue weighted by atomic mass is 10.1. The molecule has 0 spiro atoms. The van der Waals surface area contributed by atoms with Gasteiger partial charge in [0.15, 0.2) is 21.5 Å². The normalized spacial score (nSPS) is 13.6. The highest BCUT2D eigenvalue weighted by molar-refractivity contribution is 7.91. The summed E-state index contributed by atoms with van der Waals surface area (Å²) >= 11 is 5.88. The minimum atomic E-state index is -3.81. The van der Waals surface area contributed by atoms with Crippen molar-refractivity contribution in [2.75, 3.05) is 21.3 Å². The first-order chi connectivity index (χ1) is 16.6. The van der Waals surface area contributed by atoms with E-state index >= 15 is 0 Å². The van der Waals surface area contributed by atoms with E-state index in [0.717, 1.165) is 0 Å². The maximum absolute atomic E-state index is 13.6. The Labute approximate surface area is 210 Å². The van der Waals surface area contributed by atoms with Crippen molar-refractivity contribution in [2.24, 2.45) is 5.92 Å². The lowest BCUT2D eigenvalue weighted by molar-refractivity contribution is 0.0948. The number of sulfone groups is 1. The van der Waals surface area contributed by atoms with Gasteiger partial charge in [-0.1, -0.05) is 31.5 Å². The molecular weight excluding hydrogens is 494 g/mol. The quantitative estimate of drug-likeness (QED) is 0.371. The van der Waals surface area contributed by atoms with Crippen molar-refractivity contribution >= 4 is 21.4 Å². The van der Waals surface area contributed by atoms with Gasteiger partial charge in [0, 0.05) is 25.9 Å². The van der Waals surface area contributed by atoms with Gasteiger partial charge in [-0.05, 0) is 25.0 Å². The Kier molecular flexibility index (Phi) is 8.68. The van der Waals surface area contributed by atoms with Gasteiger partial charge in [0.05, 0.1) is 24.5 Å². The van der Waals surface area contributed by atoms with Gasteiger partial charge in [-0.25, -0.2) is 18.4 Å². The highest BCUT2D eigenvalue weighted by Gasteiger charge is 2.35. The summed E-state index contributed by atoms with van der Waals surface area (Å²) in [5, 5.41) is 7.96. The van der Waals surface area contributed by atoms with Crippen LogP contribution in [0.5, 0.6) is 11.5 Å². The number of rotatable bonds is 11. The molecular formula is C23H30ClN5O5S. The Balaban J connectivity index is 2.08. The Morgan fingerprint density at radius 1 is 0.971 bits per heavy atom. The fourth-order valence-corrected chi connectivity index (χ4v) is 5.25. The summed E-state index contributed by atoms with van der Waals surface area (Å²) in [5.41, 5.74) is 0.542. The molecule has 0 fully saturated rings. The van der Waals surface area contributed by atoms with Crippen LogP contribution >= 0.6 is 11.6 Å². The minimum Gasteiger partial charge on any atom is -0.494 e. The zero-order valence-corrected chi connectivity index (χ0v) is 22.2. The number of benzene rings is 1. The van der Waals surface area contributed by atoms with Crippen LogP contribution in [0.15, 0.2) is 30.6 Å². The molecule has 0 unspecified atom stereocenters. The molecule has 35 heavy (non-hydrogen) atoms. The molecule has 1 aromatic carbocycles. The Bertz CT molecular complexity index is 1230. The summed E-state index contributed by atoms with van der Waals surface area (Å²) in [6.07, 6.45) is 2.48. The second-order valence-corrected chi connectivity index (χ2v) is 11.2. The zero-order chi connectivity index (χ0) is 25.8. The zero-order valence-electron chi connectivity index (χ0n) is 20.6. The molecule has 2 aromatic heterocycles. The third-order valence-electron chi connectivity index (χ3n) is 5.49. The second-order valence-electron chi connectivity index (χ2n) is 8.41. The highest BCUT2D eigenvalue weighted by Crippen LogP contribution is 2.35. The van der Waals surface area contributed by atoms with E-state index in [-0.39, 0.29) is 17.6 Å². The molecule has 0 aliphatic carbocycles. The van der Waals surface area contributed by atoms with Gasteiger partial charge < -0.3 is 14.2 Å². The average molecular weight is 524 g/mol. The van der Waals surface area contributed by atoms with E-state index in [2.05, 4.69) is 20.2 Å². The number of methoxy groups -OCH3 is 3. The van der Waals surface area contributed by atoms with E-state index < -0.39 is 26.9 Å². The van der Waals surface area contributed by atoms with Crippen LogP contribution in [-0.4, -0.2) is 59.7 Å². The number of aromatic nitrogens is 5. The first-order valence-electron chi connectivity index (χ1n) is 11.0. The van der Waals surface area contributed by atoms with Gasteiger partial charge in [-0.2, -0.15) is 0 Å². The number of para-hydroxylation sites is 1. The summed E-state index contributed by atoms with van der Waals surface area (Å²) in [7, 11) is 0.684. The molecule has 0 aliphatic heterocycles.